The molecule has 0 saturated heterocycles. The molecule has 0 aliphatic heterocycles. The number of carbonyl (C=O) groups excluding carboxylic acids is 1. The Bertz CT molecular complexity index is 521. The Morgan fingerprint density at radius 3 is 3.00 bits per heavy atom. The third-order valence-corrected chi connectivity index (χ3v) is 3.34. The summed E-state index contributed by atoms with van der Waals surface area (Å²) in [5.74, 6) is -0.427. The standard InChI is InChI=1S/C10H10N2O2S/c1-6-10-8(3-4-11-6)9(5-15-10)12(14)7(2)13/h3-5,12H,1-2H3. The molecule has 0 radical (unpaired) electrons. The molecule has 15 heavy (non-hydrogen) atoms. The molecule has 0 spiro atoms. The Kier molecular flexibility index (Phi) is 2.52. The van der Waals surface area contributed by atoms with Crippen LogP contribution < -0.4 is 5.06 Å². The Hall–Kier alpha value is -1.30. The molecule has 78 valence electrons. The van der Waals surface area contributed by atoms with Crippen molar-refractivity contribution in [2.45, 2.75) is 13.8 Å². The first-order chi connectivity index (χ1) is 7.11. The van der Waals surface area contributed by atoms with Crippen molar-refractivity contribution in [3.63, 3.8) is 0 Å². The van der Waals surface area contributed by atoms with Gasteiger partial charge in [0.25, 0.3) is 0 Å². The van der Waals surface area contributed by atoms with Crippen molar-refractivity contribution in [2.75, 3.05) is 0 Å². The molecule has 2 rings (SSSR count). The summed E-state index contributed by atoms with van der Waals surface area (Å²) in [5, 5.41) is 13.7. The summed E-state index contributed by atoms with van der Waals surface area (Å²) >= 11 is 1.45. The molecule has 0 bridgehead atoms. The number of nitrogens with one attached hydrogen (secondary N) is 1. The van der Waals surface area contributed by atoms with Crippen LogP contribution >= 0.6 is 11.3 Å². The van der Waals surface area contributed by atoms with Gasteiger partial charge in [-0.15, -0.1) is 11.3 Å². The van der Waals surface area contributed by atoms with Crippen LogP contribution in [0.4, 0.5) is 5.69 Å². The highest BCUT2D eigenvalue weighted by molar-refractivity contribution is 7.17. The first kappa shape index (κ1) is 10.2. The second kappa shape index (κ2) is 3.69. The summed E-state index contributed by atoms with van der Waals surface area (Å²) < 4.78 is 0.974. The van der Waals surface area contributed by atoms with Crippen molar-refractivity contribution >= 4 is 33.0 Å². The Labute approximate surface area is 90.7 Å². The predicted molar refractivity (Wildman–Crippen MR) is 59.0 cm³/mol. The summed E-state index contributed by atoms with van der Waals surface area (Å²) in [7, 11) is 0. The van der Waals surface area contributed by atoms with Crippen molar-refractivity contribution in [3.05, 3.63) is 28.5 Å². The maximum Gasteiger partial charge on any atom is 0.313 e. The minimum Gasteiger partial charge on any atom is -0.621 e. The number of quaternary nitrogens is 1. The molecule has 0 aliphatic carbocycles. The molecular formula is C10H10N2O2S. The van der Waals surface area contributed by atoms with Crippen LogP contribution in [0.25, 0.3) is 10.1 Å². The number of pyridine rings is 1. The predicted octanol–water partition coefficient (Wildman–Crippen LogP) is 1.17. The van der Waals surface area contributed by atoms with Crippen LogP contribution in [-0.2, 0) is 4.79 Å². The van der Waals surface area contributed by atoms with Gasteiger partial charge >= 0.3 is 5.91 Å². The highest BCUT2D eigenvalue weighted by Gasteiger charge is 2.15. The van der Waals surface area contributed by atoms with Crippen molar-refractivity contribution in [3.8, 4) is 0 Å². The van der Waals surface area contributed by atoms with E-state index in [9.17, 15) is 10.0 Å². The summed E-state index contributed by atoms with van der Waals surface area (Å²) in [4.78, 5) is 15.1. The van der Waals surface area contributed by atoms with Crippen molar-refractivity contribution in [2.24, 2.45) is 0 Å². The molecule has 5 heteroatoms. The molecule has 4 nitrogen and oxygen atoms in total. The topological polar surface area (TPSA) is 57.5 Å². The van der Waals surface area contributed by atoms with E-state index in [2.05, 4.69) is 4.98 Å². The van der Waals surface area contributed by atoms with Crippen LogP contribution in [-0.4, -0.2) is 10.9 Å². The molecule has 1 N–H and O–H groups in total. The van der Waals surface area contributed by atoms with Crippen LogP contribution in [0.2, 0.25) is 0 Å². The van der Waals surface area contributed by atoms with Gasteiger partial charge in [-0.2, -0.15) is 0 Å². The van der Waals surface area contributed by atoms with Crippen molar-refractivity contribution < 1.29 is 9.86 Å². The Balaban J connectivity index is 2.64. The number of hydrogen-bond donors (Lipinski definition) is 1. The van der Waals surface area contributed by atoms with Crippen LogP contribution in [0.3, 0.4) is 0 Å². The van der Waals surface area contributed by atoms with Gasteiger partial charge in [-0.1, -0.05) is 0 Å². The first-order valence-corrected chi connectivity index (χ1v) is 5.37. The van der Waals surface area contributed by atoms with E-state index in [0.717, 1.165) is 15.8 Å². The SMILES string of the molecule is CC(=O)[NH+]([O-])c1csc2c(C)nccc12. The molecule has 0 fully saturated rings. The smallest absolute Gasteiger partial charge is 0.313 e. The number of thiophene rings is 1. The van der Waals surface area contributed by atoms with E-state index in [1.54, 1.807) is 17.6 Å². The molecule has 1 amide bonds. The lowest BCUT2D eigenvalue weighted by molar-refractivity contribution is -0.686. The van der Waals surface area contributed by atoms with E-state index in [0.29, 0.717) is 5.69 Å². The fourth-order valence-corrected chi connectivity index (χ4v) is 2.46. The van der Waals surface area contributed by atoms with Gasteiger partial charge in [-0.3, -0.25) is 10.0 Å². The zero-order valence-electron chi connectivity index (χ0n) is 8.40. The second-order valence-electron chi connectivity index (χ2n) is 3.31. The summed E-state index contributed by atoms with van der Waals surface area (Å²) in [6.45, 7) is 3.18. The van der Waals surface area contributed by atoms with Gasteiger partial charge in [0.05, 0.1) is 28.1 Å². The molecule has 1 unspecified atom stereocenters. The van der Waals surface area contributed by atoms with Gasteiger partial charge in [0.2, 0.25) is 0 Å². The quantitative estimate of drug-likeness (QED) is 0.737. The first-order valence-electron chi connectivity index (χ1n) is 4.49. The highest BCUT2D eigenvalue weighted by Crippen LogP contribution is 2.28. The normalized spacial score (nSPS) is 13.0. The van der Waals surface area contributed by atoms with Gasteiger partial charge in [0.1, 0.15) is 0 Å². The summed E-state index contributed by atoms with van der Waals surface area (Å²) in [5.41, 5.74) is 1.38. The summed E-state index contributed by atoms with van der Waals surface area (Å²) in [6, 6.07) is 1.77. The fourth-order valence-electron chi connectivity index (χ4n) is 1.46. The van der Waals surface area contributed by atoms with E-state index in [4.69, 9.17) is 0 Å². The minimum absolute atomic E-state index is 0.424. The third kappa shape index (κ3) is 1.65. The van der Waals surface area contributed by atoms with Gasteiger partial charge < -0.3 is 5.21 Å². The van der Waals surface area contributed by atoms with Gasteiger partial charge in [-0.05, 0) is 13.0 Å². The molecule has 2 heterocycles. The minimum atomic E-state index is -0.427. The number of fused-ring (bicyclic) bond motifs is 1. The molecular weight excluding hydrogens is 212 g/mol. The maximum absolute atomic E-state index is 11.6. The number of hydrogen-bond acceptors (Lipinski definition) is 4. The Morgan fingerprint density at radius 1 is 1.60 bits per heavy atom. The number of amides is 1. The van der Waals surface area contributed by atoms with Gasteiger partial charge in [0, 0.05) is 6.20 Å². The van der Waals surface area contributed by atoms with E-state index >= 15 is 0 Å². The Morgan fingerprint density at radius 2 is 2.33 bits per heavy atom. The lowest BCUT2D eigenvalue weighted by Crippen LogP contribution is -3.04. The zero-order chi connectivity index (χ0) is 11.0. The second-order valence-corrected chi connectivity index (χ2v) is 4.19. The molecule has 0 aromatic carbocycles. The number of carbonyl (C=O) groups is 1. The van der Waals surface area contributed by atoms with Crippen LogP contribution in [0.15, 0.2) is 17.6 Å². The molecule has 0 saturated carbocycles. The molecule has 0 aliphatic rings. The van der Waals surface area contributed by atoms with E-state index in [1.165, 1.54) is 18.3 Å². The van der Waals surface area contributed by atoms with E-state index in [1.807, 2.05) is 6.92 Å². The van der Waals surface area contributed by atoms with Crippen molar-refractivity contribution in [1.82, 2.24) is 4.98 Å². The summed E-state index contributed by atoms with van der Waals surface area (Å²) in [6.07, 6.45) is 1.65. The average Bonchev–Trinajstić information content (AvgIpc) is 2.61. The van der Waals surface area contributed by atoms with Gasteiger partial charge in [-0.25, -0.2) is 4.79 Å². The van der Waals surface area contributed by atoms with Crippen LogP contribution in [0.5, 0.6) is 0 Å². The van der Waals surface area contributed by atoms with Crippen LogP contribution in [0, 0.1) is 12.1 Å². The number of rotatable bonds is 1. The molecule has 2 aromatic rings. The molecule has 2 aromatic heterocycles. The number of aromatic nitrogens is 1. The molecule has 1 atom stereocenters. The fraction of sp³-hybridized carbons (Fsp3) is 0.200. The largest absolute Gasteiger partial charge is 0.621 e. The lowest BCUT2D eigenvalue weighted by Gasteiger charge is -2.15. The van der Waals surface area contributed by atoms with E-state index < -0.39 is 11.0 Å². The van der Waals surface area contributed by atoms with Gasteiger partial charge in [0.15, 0.2) is 5.69 Å². The lowest BCUT2D eigenvalue weighted by atomic mass is 10.2. The maximum atomic E-state index is 11.6. The van der Waals surface area contributed by atoms with Crippen molar-refractivity contribution in [1.29, 1.82) is 0 Å². The average molecular weight is 222 g/mol. The van der Waals surface area contributed by atoms with Crippen LogP contribution in [0.1, 0.15) is 12.6 Å². The van der Waals surface area contributed by atoms with E-state index in [-0.39, 0.29) is 0 Å². The number of nitrogens with zero attached hydrogens (tertiary/aromatic N) is 1. The zero-order valence-corrected chi connectivity index (χ0v) is 9.22. The third-order valence-electron chi connectivity index (χ3n) is 2.23. The highest BCUT2D eigenvalue weighted by atomic mass is 32.1. The number of hydroxylamine groups is 1. The number of aryl methyl sites for hydroxylation is 1. The monoisotopic (exact) mass is 222 g/mol.